The number of hydrogen-bond acceptors (Lipinski definition) is 10. The van der Waals surface area contributed by atoms with Crippen LogP contribution < -0.4 is 37.2 Å². The summed E-state index contributed by atoms with van der Waals surface area (Å²) in [6, 6.07) is 1.17. The Kier molecular flexibility index (Phi) is 11.9. The molecule has 0 aromatic carbocycles. The van der Waals surface area contributed by atoms with E-state index < -0.39 is 9.12 Å². The van der Waals surface area contributed by atoms with Crippen molar-refractivity contribution >= 4 is 97.7 Å². The maximum absolute atomic E-state index is 3.72. The molecule has 2 rings (SSSR count). The second kappa shape index (κ2) is 13.0. The number of rotatable bonds is 2. The monoisotopic (exact) mass is 457 g/mol. The van der Waals surface area contributed by atoms with Crippen LogP contribution in [0.5, 0.6) is 0 Å². The minimum absolute atomic E-state index is 0.594. The molecule has 0 aromatic rings. The molecule has 111 valence electrons. The second-order valence-corrected chi connectivity index (χ2v) is 17.9. The molecule has 20 heteroatoms. The summed E-state index contributed by atoms with van der Waals surface area (Å²) in [7, 11) is 4.67. The van der Waals surface area contributed by atoms with Gasteiger partial charge in [0.05, 0.1) is 0 Å². The molecule has 2 saturated heterocycles. The van der Waals surface area contributed by atoms with E-state index in [0.717, 1.165) is 0 Å². The van der Waals surface area contributed by atoms with E-state index >= 15 is 0 Å². The van der Waals surface area contributed by atoms with Gasteiger partial charge in [-0.3, -0.25) is 8.68 Å². The van der Waals surface area contributed by atoms with Crippen LogP contribution in [0.2, 0.25) is 6.04 Å². The smallest absolute Gasteiger partial charge is 0.249 e. The Morgan fingerprint density at radius 1 is 0.682 bits per heavy atom. The Balaban J connectivity index is 1.96. The van der Waals surface area contributed by atoms with Crippen LogP contribution in [0.4, 0.5) is 0 Å². The topological polar surface area (TPSA) is 103 Å². The summed E-state index contributed by atoms with van der Waals surface area (Å²) in [6.45, 7) is 2.28. The summed E-state index contributed by atoms with van der Waals surface area (Å²) < 4.78 is 32.8. The molecule has 0 amide bonds. The fraction of sp³-hybridized carbons (Fsp3) is 1.00. The van der Waals surface area contributed by atoms with Crippen molar-refractivity contribution in [3.05, 3.63) is 0 Å². The van der Waals surface area contributed by atoms with Crippen molar-refractivity contribution in [2.75, 3.05) is 0 Å². The fourth-order valence-electron chi connectivity index (χ4n) is 1.28. The first kappa shape index (κ1) is 20.1. The Hall–Kier alpha value is 1.77. The van der Waals surface area contributed by atoms with E-state index in [9.17, 15) is 0 Å². The molecular formula is C2H13N10Si10. The van der Waals surface area contributed by atoms with Crippen molar-refractivity contribution in [2.24, 2.45) is 0 Å². The van der Waals surface area contributed by atoms with Gasteiger partial charge >= 0.3 is 0 Å². The second-order valence-electron chi connectivity index (χ2n) is 3.51. The number of hydrazine groups is 1. The first-order valence-electron chi connectivity index (χ1n) is 6.16. The molecule has 0 aromatic heterocycles. The molecule has 0 aliphatic carbocycles. The third kappa shape index (κ3) is 7.77. The van der Waals surface area contributed by atoms with Gasteiger partial charge in [-0.2, -0.15) is 0 Å². The predicted molar refractivity (Wildman–Crippen MR) is 96.8 cm³/mol. The minimum atomic E-state index is -0.780. The minimum Gasteiger partial charge on any atom is -0.337 e. The van der Waals surface area contributed by atoms with Crippen molar-refractivity contribution in [2.45, 2.75) is 13.0 Å². The van der Waals surface area contributed by atoms with Crippen LogP contribution in [0.1, 0.15) is 6.92 Å². The first-order chi connectivity index (χ1) is 10.9. The summed E-state index contributed by atoms with van der Waals surface area (Å²) in [4.78, 5) is 0. The van der Waals surface area contributed by atoms with Gasteiger partial charge in [0.15, 0.2) is 0 Å². The van der Waals surface area contributed by atoms with Crippen LogP contribution in [0.15, 0.2) is 0 Å². The third-order valence-electron chi connectivity index (χ3n) is 2.17. The van der Waals surface area contributed by atoms with Crippen LogP contribution in [-0.4, -0.2) is 106 Å². The predicted octanol–water partition coefficient (Wildman–Crippen LogP) is -7.43. The Bertz CT molecular complexity index is 276. The van der Waals surface area contributed by atoms with E-state index in [-0.39, 0.29) is 0 Å². The fourth-order valence-corrected chi connectivity index (χ4v) is 16.5. The van der Waals surface area contributed by atoms with E-state index in [1.165, 1.54) is 6.04 Å². The number of hydrogen-bond donors (Lipinski definition) is 8. The van der Waals surface area contributed by atoms with Crippen LogP contribution in [-0.2, 0) is 0 Å². The molecule has 22 heavy (non-hydrogen) atoms. The molecule has 2 heterocycles. The quantitative estimate of drug-likeness (QED) is 0.191. The average molecular weight is 458 g/mol. The molecule has 0 unspecified atom stereocenters. The maximum atomic E-state index is 3.72. The highest BCUT2D eigenvalue weighted by molar-refractivity contribution is 6.75. The summed E-state index contributed by atoms with van der Waals surface area (Å²) >= 11 is 0. The Morgan fingerprint density at radius 2 is 1.18 bits per heavy atom. The van der Waals surface area contributed by atoms with E-state index in [4.69, 9.17) is 0 Å². The Morgan fingerprint density at radius 3 is 1.77 bits per heavy atom. The SMILES string of the molecule is CC[Si]1N[Si]N[Si]N[Si]N[Si]N1N1[Si]N[Si]N[Si]N[Si]N[Si]1. The molecule has 0 atom stereocenters. The lowest BCUT2D eigenvalue weighted by Crippen LogP contribution is -2.71. The van der Waals surface area contributed by atoms with Crippen molar-refractivity contribution in [1.29, 1.82) is 0 Å². The van der Waals surface area contributed by atoms with Gasteiger partial charge in [0.25, 0.3) is 0 Å². The highest BCUT2D eigenvalue weighted by atomic mass is 28.4. The van der Waals surface area contributed by atoms with Gasteiger partial charge in [-0.1, -0.05) is 6.92 Å². The summed E-state index contributed by atoms with van der Waals surface area (Å²) in [5.41, 5.74) is 0. The molecule has 19 radical (unpaired) electrons. The van der Waals surface area contributed by atoms with Gasteiger partial charge in [0.1, 0.15) is 0 Å². The van der Waals surface area contributed by atoms with Crippen LogP contribution in [0.25, 0.3) is 0 Å². The first-order valence-corrected chi connectivity index (χ1v) is 16.7. The van der Waals surface area contributed by atoms with Crippen molar-refractivity contribution < 1.29 is 0 Å². The van der Waals surface area contributed by atoms with E-state index in [1.54, 1.807) is 0 Å². The molecule has 2 aliphatic rings. The molecule has 2 aliphatic heterocycles. The van der Waals surface area contributed by atoms with Gasteiger partial charge in [-0.05, 0) is 6.04 Å². The van der Waals surface area contributed by atoms with Crippen molar-refractivity contribution in [3.63, 3.8) is 0 Å². The highest BCUT2D eigenvalue weighted by Gasteiger charge is 2.28. The van der Waals surface area contributed by atoms with E-state index in [0.29, 0.717) is 88.6 Å². The zero-order valence-corrected chi connectivity index (χ0v) is 21.6. The van der Waals surface area contributed by atoms with Gasteiger partial charge in [0.2, 0.25) is 97.7 Å². The molecule has 10 nitrogen and oxygen atoms in total. The van der Waals surface area contributed by atoms with Crippen molar-refractivity contribution in [3.8, 4) is 0 Å². The summed E-state index contributed by atoms with van der Waals surface area (Å²) in [5.74, 6) is 0. The zero-order valence-electron chi connectivity index (χ0n) is 11.6. The lowest BCUT2D eigenvalue weighted by atomic mass is 11.0. The van der Waals surface area contributed by atoms with Gasteiger partial charge in [-0.25, -0.2) is 0 Å². The number of nitrogens with zero attached hydrogens (tertiary/aromatic N) is 2. The Labute approximate surface area is 156 Å². The molecule has 0 saturated carbocycles. The molecular weight excluding hydrogens is 445 g/mol. The van der Waals surface area contributed by atoms with Crippen LogP contribution in [0.3, 0.4) is 0 Å². The van der Waals surface area contributed by atoms with E-state index in [1.807, 2.05) is 0 Å². The lowest BCUT2D eigenvalue weighted by molar-refractivity contribution is 0.401. The third-order valence-corrected chi connectivity index (χ3v) is 15.9. The van der Waals surface area contributed by atoms with Gasteiger partial charge < -0.3 is 37.2 Å². The maximum Gasteiger partial charge on any atom is 0.249 e. The van der Waals surface area contributed by atoms with Crippen LogP contribution in [0, 0.1) is 0 Å². The molecule has 0 bridgehead atoms. The van der Waals surface area contributed by atoms with Gasteiger partial charge in [0, 0.05) is 0 Å². The standard InChI is InChI=1S/C2H13N10Si10/c1-2-22-10-18-6-14-5-17-9-21-12(22)11-19-7-15-3-13-4-16-8-20-11/h3-10H,2H2,1H3. The van der Waals surface area contributed by atoms with E-state index in [2.05, 4.69) is 52.8 Å². The number of nitrogens with one attached hydrogen (secondary N) is 8. The summed E-state index contributed by atoms with van der Waals surface area (Å²) in [6.07, 6.45) is 0. The molecule has 8 N–H and O–H groups in total. The average Bonchev–Trinajstić information content (AvgIpc) is 2.56. The largest absolute Gasteiger partial charge is 0.337 e. The van der Waals surface area contributed by atoms with Gasteiger partial charge in [-0.15, -0.1) is 0 Å². The highest BCUT2D eigenvalue weighted by Crippen LogP contribution is 1.98. The normalized spacial score (nSPS) is 26.6. The van der Waals surface area contributed by atoms with Crippen molar-refractivity contribution in [1.82, 2.24) is 45.9 Å². The molecule has 0 spiro atoms. The lowest BCUT2D eigenvalue weighted by Gasteiger charge is -2.38. The summed E-state index contributed by atoms with van der Waals surface area (Å²) in [5, 5.41) is 0. The zero-order chi connectivity index (χ0) is 15.5. The molecule has 2 fully saturated rings. The van der Waals surface area contributed by atoms with Crippen LogP contribution >= 0.6 is 0 Å².